The first-order valence-corrected chi connectivity index (χ1v) is 7.80. The number of anilines is 1. The van der Waals surface area contributed by atoms with E-state index in [1.165, 1.54) is 5.39 Å². The smallest absolute Gasteiger partial charge is 0.136 e. The van der Waals surface area contributed by atoms with Crippen LogP contribution in [0.1, 0.15) is 0 Å². The van der Waals surface area contributed by atoms with E-state index in [1.807, 2.05) is 31.1 Å². The molecule has 0 bridgehead atoms. The van der Waals surface area contributed by atoms with E-state index < -0.39 is 0 Å². The number of para-hydroxylation sites is 1. The van der Waals surface area contributed by atoms with Crippen molar-refractivity contribution in [2.24, 2.45) is 7.05 Å². The lowest BCUT2D eigenvalue weighted by atomic mass is 10.0. The van der Waals surface area contributed by atoms with Gasteiger partial charge in [-0.3, -0.25) is 0 Å². The molecular formula is C18H19N5. The van der Waals surface area contributed by atoms with Gasteiger partial charge in [0.15, 0.2) is 0 Å². The van der Waals surface area contributed by atoms with E-state index in [4.69, 9.17) is 4.98 Å². The Morgan fingerprint density at radius 1 is 1.04 bits per heavy atom. The van der Waals surface area contributed by atoms with Crippen LogP contribution in [0.2, 0.25) is 0 Å². The van der Waals surface area contributed by atoms with Gasteiger partial charge >= 0.3 is 0 Å². The fraction of sp³-hybridized carbons (Fsp3) is 0.222. The Balaban J connectivity index is 2.07. The number of rotatable bonds is 4. The SMILES string of the molecule is CNCCNc1nc2ccccc2c2ccc3c(ncn3C)c12. The molecule has 0 aliphatic heterocycles. The van der Waals surface area contributed by atoms with Gasteiger partial charge in [-0.15, -0.1) is 0 Å². The number of hydrogen-bond acceptors (Lipinski definition) is 4. The number of aromatic nitrogens is 3. The van der Waals surface area contributed by atoms with Gasteiger partial charge in [-0.05, 0) is 24.6 Å². The maximum absolute atomic E-state index is 4.85. The van der Waals surface area contributed by atoms with Gasteiger partial charge in [-0.25, -0.2) is 9.97 Å². The summed E-state index contributed by atoms with van der Waals surface area (Å²) >= 11 is 0. The molecule has 0 aliphatic rings. The van der Waals surface area contributed by atoms with Crippen molar-refractivity contribution in [3.63, 3.8) is 0 Å². The predicted octanol–water partition coefficient (Wildman–Crippen LogP) is 2.91. The van der Waals surface area contributed by atoms with E-state index in [2.05, 4.69) is 45.9 Å². The zero-order valence-electron chi connectivity index (χ0n) is 13.3. The molecule has 4 aromatic rings. The van der Waals surface area contributed by atoms with Crippen molar-refractivity contribution >= 4 is 38.5 Å². The summed E-state index contributed by atoms with van der Waals surface area (Å²) in [4.78, 5) is 9.46. The molecule has 0 spiro atoms. The number of nitrogens with one attached hydrogen (secondary N) is 2. The Kier molecular flexibility index (Phi) is 3.35. The summed E-state index contributed by atoms with van der Waals surface area (Å²) in [7, 11) is 3.97. The highest BCUT2D eigenvalue weighted by molar-refractivity contribution is 6.19. The van der Waals surface area contributed by atoms with Crippen LogP contribution in [0.4, 0.5) is 5.82 Å². The Bertz CT molecular complexity index is 1000. The summed E-state index contributed by atoms with van der Waals surface area (Å²) in [6, 6.07) is 12.6. The first kappa shape index (κ1) is 14.0. The fourth-order valence-electron chi connectivity index (χ4n) is 3.08. The number of nitrogens with zero attached hydrogens (tertiary/aromatic N) is 3. The lowest BCUT2D eigenvalue weighted by Crippen LogP contribution is -2.18. The van der Waals surface area contributed by atoms with Gasteiger partial charge in [0.05, 0.1) is 28.3 Å². The minimum atomic E-state index is 0.820. The molecule has 2 N–H and O–H groups in total. The predicted molar refractivity (Wildman–Crippen MR) is 95.9 cm³/mol. The van der Waals surface area contributed by atoms with Gasteiger partial charge in [-0.1, -0.05) is 24.3 Å². The number of aryl methyl sites for hydroxylation is 1. The molecule has 2 aromatic heterocycles. The molecule has 0 radical (unpaired) electrons. The van der Waals surface area contributed by atoms with Crippen LogP contribution in [-0.4, -0.2) is 34.7 Å². The van der Waals surface area contributed by atoms with Crippen molar-refractivity contribution in [2.75, 3.05) is 25.5 Å². The standard InChI is InChI=1S/C18H19N5/c1-19-9-10-20-18-16-13(12-5-3-4-6-14(12)22-18)7-8-15-17(16)21-11-23(15)2/h3-8,11,19H,9-10H2,1-2H3,(H,20,22). The zero-order valence-corrected chi connectivity index (χ0v) is 13.3. The maximum Gasteiger partial charge on any atom is 0.136 e. The van der Waals surface area contributed by atoms with Crippen LogP contribution in [0.25, 0.3) is 32.7 Å². The Morgan fingerprint density at radius 2 is 1.91 bits per heavy atom. The van der Waals surface area contributed by atoms with Crippen molar-refractivity contribution in [2.45, 2.75) is 0 Å². The van der Waals surface area contributed by atoms with Gasteiger partial charge in [-0.2, -0.15) is 0 Å². The van der Waals surface area contributed by atoms with Crippen LogP contribution in [0.5, 0.6) is 0 Å². The van der Waals surface area contributed by atoms with Gasteiger partial charge in [0, 0.05) is 25.5 Å². The Labute approximate surface area is 134 Å². The van der Waals surface area contributed by atoms with Crippen molar-refractivity contribution < 1.29 is 0 Å². The first-order valence-electron chi connectivity index (χ1n) is 7.80. The average Bonchev–Trinajstić information content (AvgIpc) is 2.96. The molecule has 0 amide bonds. The summed E-state index contributed by atoms with van der Waals surface area (Å²) in [6.45, 7) is 1.70. The average molecular weight is 305 g/mol. The summed E-state index contributed by atoms with van der Waals surface area (Å²) in [6.07, 6.45) is 1.86. The number of imidazole rings is 1. The monoisotopic (exact) mass is 305 g/mol. The summed E-state index contributed by atoms with van der Waals surface area (Å²) in [5, 5.41) is 10.1. The summed E-state index contributed by atoms with van der Waals surface area (Å²) in [5.74, 6) is 0.901. The Hall–Kier alpha value is -2.66. The zero-order chi connectivity index (χ0) is 15.8. The molecule has 0 aliphatic carbocycles. The van der Waals surface area contributed by atoms with E-state index in [0.29, 0.717) is 0 Å². The Morgan fingerprint density at radius 3 is 2.78 bits per heavy atom. The molecule has 5 heteroatoms. The van der Waals surface area contributed by atoms with E-state index in [9.17, 15) is 0 Å². The lowest BCUT2D eigenvalue weighted by Gasteiger charge is -2.12. The molecule has 2 heterocycles. The molecule has 0 unspecified atom stereocenters. The largest absolute Gasteiger partial charge is 0.368 e. The van der Waals surface area contributed by atoms with Crippen molar-refractivity contribution in [1.82, 2.24) is 19.9 Å². The van der Waals surface area contributed by atoms with E-state index >= 15 is 0 Å². The summed E-state index contributed by atoms with van der Waals surface area (Å²) < 4.78 is 2.04. The molecule has 0 saturated heterocycles. The minimum absolute atomic E-state index is 0.820. The van der Waals surface area contributed by atoms with Crippen molar-refractivity contribution in [3.8, 4) is 0 Å². The third-order valence-electron chi connectivity index (χ3n) is 4.23. The number of likely N-dealkylation sites (N-methyl/N-ethyl adjacent to an activating group) is 1. The van der Waals surface area contributed by atoms with Crippen molar-refractivity contribution in [1.29, 1.82) is 0 Å². The van der Waals surface area contributed by atoms with Crippen LogP contribution in [0.15, 0.2) is 42.7 Å². The van der Waals surface area contributed by atoms with Gasteiger partial charge in [0.2, 0.25) is 0 Å². The summed E-state index contributed by atoms with van der Waals surface area (Å²) in [5.41, 5.74) is 3.11. The highest BCUT2D eigenvalue weighted by Gasteiger charge is 2.13. The van der Waals surface area contributed by atoms with E-state index in [-0.39, 0.29) is 0 Å². The fourth-order valence-corrected chi connectivity index (χ4v) is 3.08. The van der Waals surface area contributed by atoms with E-state index in [1.54, 1.807) is 0 Å². The maximum atomic E-state index is 4.85. The van der Waals surface area contributed by atoms with Crippen molar-refractivity contribution in [3.05, 3.63) is 42.7 Å². The molecule has 116 valence electrons. The van der Waals surface area contributed by atoms with Gasteiger partial charge < -0.3 is 15.2 Å². The van der Waals surface area contributed by atoms with Gasteiger partial charge in [0.25, 0.3) is 0 Å². The number of benzene rings is 2. The number of hydrogen-bond donors (Lipinski definition) is 2. The lowest BCUT2D eigenvalue weighted by molar-refractivity contribution is 0.822. The first-order chi connectivity index (χ1) is 11.3. The van der Waals surface area contributed by atoms with Crippen LogP contribution in [-0.2, 0) is 7.05 Å². The molecule has 4 rings (SSSR count). The molecular weight excluding hydrogens is 286 g/mol. The molecule has 23 heavy (non-hydrogen) atoms. The van der Waals surface area contributed by atoms with E-state index in [0.717, 1.165) is 46.2 Å². The topological polar surface area (TPSA) is 54.8 Å². The normalized spacial score (nSPS) is 11.6. The second-order valence-corrected chi connectivity index (χ2v) is 5.72. The highest BCUT2D eigenvalue weighted by Crippen LogP contribution is 2.34. The molecule has 5 nitrogen and oxygen atoms in total. The van der Waals surface area contributed by atoms with Crippen LogP contribution in [0.3, 0.4) is 0 Å². The number of fused-ring (bicyclic) bond motifs is 5. The molecule has 2 aromatic carbocycles. The number of pyridine rings is 1. The highest BCUT2D eigenvalue weighted by atomic mass is 15.0. The third-order valence-corrected chi connectivity index (χ3v) is 4.23. The quantitative estimate of drug-likeness (QED) is 0.450. The minimum Gasteiger partial charge on any atom is -0.368 e. The second kappa shape index (κ2) is 5.52. The van der Waals surface area contributed by atoms with Crippen LogP contribution in [0, 0.1) is 0 Å². The molecule has 0 atom stereocenters. The molecule has 0 fully saturated rings. The third kappa shape index (κ3) is 2.21. The van der Waals surface area contributed by atoms with Crippen LogP contribution < -0.4 is 10.6 Å². The van der Waals surface area contributed by atoms with Gasteiger partial charge in [0.1, 0.15) is 5.82 Å². The van der Waals surface area contributed by atoms with Crippen LogP contribution >= 0.6 is 0 Å². The second-order valence-electron chi connectivity index (χ2n) is 5.72. The molecule has 0 saturated carbocycles.